The maximum Gasteiger partial charge on any atom is 0.181 e. The monoisotopic (exact) mass is 313 g/mol. The molecule has 0 atom stereocenters. The number of benzene rings is 1. The Kier molecular flexibility index (Phi) is 5.36. The van der Waals surface area contributed by atoms with Crippen molar-refractivity contribution in [1.82, 2.24) is 0 Å². The van der Waals surface area contributed by atoms with Crippen LogP contribution in [0.15, 0.2) is 41.1 Å². The molecule has 4 nitrogen and oxygen atoms in total. The highest BCUT2D eigenvalue weighted by Crippen LogP contribution is 2.30. The van der Waals surface area contributed by atoms with Crippen molar-refractivity contribution in [2.45, 2.75) is 35.8 Å². The Hall–Kier alpha value is -1.40. The lowest BCUT2D eigenvalue weighted by Gasteiger charge is -2.11. The third kappa shape index (κ3) is 4.04. The number of sulfone groups is 1. The second-order valence-corrected chi connectivity index (χ2v) is 7.33. The normalized spacial score (nSPS) is 17.1. The van der Waals surface area contributed by atoms with Crippen LogP contribution in [0.3, 0.4) is 0 Å². The average Bonchev–Trinajstić information content (AvgIpc) is 3.01. The Morgan fingerprint density at radius 3 is 2.48 bits per heavy atom. The molecule has 116 valence electrons. The fraction of sp³-hybridized carbons (Fsp3) is 0.467. The van der Waals surface area contributed by atoms with Gasteiger partial charge in [-0.25, -0.2) is 12.8 Å². The molecule has 2 rings (SSSR count). The molecule has 0 aliphatic heterocycles. The number of rotatable bonds is 6. The van der Waals surface area contributed by atoms with Crippen LogP contribution in [0.2, 0.25) is 0 Å². The zero-order chi connectivity index (χ0) is 15.3. The van der Waals surface area contributed by atoms with Crippen molar-refractivity contribution in [3.05, 3.63) is 36.2 Å². The third-order valence-corrected chi connectivity index (χ3v) is 5.89. The highest BCUT2D eigenvalue weighted by atomic mass is 32.2. The van der Waals surface area contributed by atoms with Gasteiger partial charge in [-0.3, -0.25) is 0 Å². The van der Waals surface area contributed by atoms with Crippen LogP contribution in [0.4, 0.5) is 4.39 Å². The fourth-order valence-corrected chi connectivity index (χ4v) is 4.31. The summed E-state index contributed by atoms with van der Waals surface area (Å²) in [4.78, 5) is 0.305. The molecule has 0 heterocycles. The van der Waals surface area contributed by atoms with Crippen molar-refractivity contribution in [3.8, 4) is 5.75 Å². The van der Waals surface area contributed by atoms with Gasteiger partial charge in [-0.15, -0.1) is 0 Å². The second-order valence-electron chi connectivity index (χ2n) is 5.10. The minimum Gasteiger partial charge on any atom is -0.487 e. The Balaban J connectivity index is 2.03. The van der Waals surface area contributed by atoms with Gasteiger partial charge < -0.3 is 10.5 Å². The van der Waals surface area contributed by atoms with Crippen molar-refractivity contribution in [1.29, 1.82) is 0 Å². The summed E-state index contributed by atoms with van der Waals surface area (Å²) in [5, 5.41) is -0.269. The van der Waals surface area contributed by atoms with Gasteiger partial charge in [0.05, 0.1) is 10.1 Å². The molecule has 0 unspecified atom stereocenters. The van der Waals surface area contributed by atoms with E-state index in [1.54, 1.807) is 12.1 Å². The quantitative estimate of drug-likeness (QED) is 0.876. The first-order chi connectivity index (χ1) is 10.0. The summed E-state index contributed by atoms with van der Waals surface area (Å²) in [6, 6.07) is 6.15. The Morgan fingerprint density at radius 2 is 1.90 bits per heavy atom. The molecule has 0 spiro atoms. The zero-order valence-electron chi connectivity index (χ0n) is 11.8. The summed E-state index contributed by atoms with van der Waals surface area (Å²) in [6.07, 6.45) is 4.64. The van der Waals surface area contributed by atoms with Gasteiger partial charge in [0, 0.05) is 6.54 Å². The molecule has 21 heavy (non-hydrogen) atoms. The lowest BCUT2D eigenvalue weighted by atomic mass is 10.3. The predicted octanol–water partition coefficient (Wildman–Crippen LogP) is 2.59. The molecule has 1 aromatic carbocycles. The smallest absolute Gasteiger partial charge is 0.181 e. The Labute approximate surface area is 124 Å². The van der Waals surface area contributed by atoms with Crippen LogP contribution in [0, 0.1) is 0 Å². The van der Waals surface area contributed by atoms with E-state index in [0.717, 1.165) is 25.7 Å². The van der Waals surface area contributed by atoms with E-state index in [9.17, 15) is 12.8 Å². The van der Waals surface area contributed by atoms with Gasteiger partial charge in [-0.05, 0) is 43.2 Å². The minimum absolute atomic E-state index is 0.119. The summed E-state index contributed by atoms with van der Waals surface area (Å²) in [7, 11) is -3.25. The van der Waals surface area contributed by atoms with E-state index in [0.29, 0.717) is 10.6 Å². The van der Waals surface area contributed by atoms with Gasteiger partial charge in [-0.2, -0.15) is 0 Å². The van der Waals surface area contributed by atoms with Crippen LogP contribution >= 0.6 is 0 Å². The van der Waals surface area contributed by atoms with Crippen LogP contribution < -0.4 is 10.5 Å². The first-order valence-electron chi connectivity index (χ1n) is 7.05. The average molecular weight is 313 g/mol. The van der Waals surface area contributed by atoms with Crippen molar-refractivity contribution >= 4 is 9.84 Å². The summed E-state index contributed by atoms with van der Waals surface area (Å²) in [5.41, 5.74) is 5.19. The number of ether oxygens (including phenoxy) is 1. The molecular weight excluding hydrogens is 293 g/mol. The van der Waals surface area contributed by atoms with Crippen LogP contribution in [0.5, 0.6) is 5.75 Å². The lowest BCUT2D eigenvalue weighted by Crippen LogP contribution is -2.17. The van der Waals surface area contributed by atoms with Crippen molar-refractivity contribution in [3.63, 3.8) is 0 Å². The fourth-order valence-electron chi connectivity index (χ4n) is 2.46. The lowest BCUT2D eigenvalue weighted by molar-refractivity contribution is 0.318. The molecule has 0 bridgehead atoms. The van der Waals surface area contributed by atoms with Crippen LogP contribution in [-0.2, 0) is 9.84 Å². The predicted molar refractivity (Wildman–Crippen MR) is 79.6 cm³/mol. The standard InChI is InChI=1S/C15H20FNO3S/c16-12(9-10-17)11-20-13-5-7-15(8-6-13)21(18,19)14-3-1-2-4-14/h5-9,14H,1-4,10-11,17H2/b12-9+. The molecule has 1 fully saturated rings. The molecule has 1 aliphatic carbocycles. The molecule has 0 saturated heterocycles. The number of nitrogens with two attached hydrogens (primary N) is 1. The largest absolute Gasteiger partial charge is 0.487 e. The minimum atomic E-state index is -3.25. The van der Waals surface area contributed by atoms with Gasteiger partial charge in [0.15, 0.2) is 9.84 Å². The summed E-state index contributed by atoms with van der Waals surface area (Å²) >= 11 is 0. The van der Waals surface area contributed by atoms with Crippen LogP contribution in [0.25, 0.3) is 0 Å². The third-order valence-electron chi connectivity index (χ3n) is 3.61. The van der Waals surface area contributed by atoms with Crippen molar-refractivity contribution in [2.24, 2.45) is 5.73 Å². The maximum absolute atomic E-state index is 13.1. The zero-order valence-corrected chi connectivity index (χ0v) is 12.6. The van der Waals surface area contributed by atoms with Gasteiger partial charge >= 0.3 is 0 Å². The molecule has 0 aromatic heterocycles. The highest BCUT2D eigenvalue weighted by Gasteiger charge is 2.30. The number of hydrogen-bond donors (Lipinski definition) is 1. The second kappa shape index (κ2) is 7.04. The highest BCUT2D eigenvalue weighted by molar-refractivity contribution is 7.92. The first kappa shape index (κ1) is 16.0. The van der Waals surface area contributed by atoms with Crippen molar-refractivity contribution < 1.29 is 17.5 Å². The van der Waals surface area contributed by atoms with Crippen molar-refractivity contribution in [2.75, 3.05) is 13.2 Å². The maximum atomic E-state index is 13.1. The van der Waals surface area contributed by atoms with E-state index in [1.807, 2.05) is 0 Å². The Bertz CT molecular complexity index is 590. The Morgan fingerprint density at radius 1 is 1.29 bits per heavy atom. The van der Waals surface area contributed by atoms with Gasteiger partial charge in [-0.1, -0.05) is 12.8 Å². The van der Waals surface area contributed by atoms with Gasteiger partial charge in [0.2, 0.25) is 0 Å². The summed E-state index contributed by atoms with van der Waals surface area (Å²) < 4.78 is 43.1. The molecule has 1 aromatic rings. The SMILES string of the molecule is NC/C=C(/F)COc1ccc(S(=O)(=O)C2CCCC2)cc1. The number of halogens is 1. The van der Waals surface area contributed by atoms with Crippen LogP contribution in [-0.4, -0.2) is 26.8 Å². The molecule has 6 heteroatoms. The summed E-state index contributed by atoms with van der Waals surface area (Å²) in [5.74, 6) is -0.0129. The molecule has 0 amide bonds. The van der Waals surface area contributed by atoms with E-state index in [4.69, 9.17) is 10.5 Å². The van der Waals surface area contributed by atoms with E-state index < -0.39 is 15.7 Å². The molecule has 0 radical (unpaired) electrons. The van der Waals surface area contributed by atoms with E-state index in [1.165, 1.54) is 18.2 Å². The molecule has 1 aliphatic rings. The molecular formula is C15H20FNO3S. The van der Waals surface area contributed by atoms with Gasteiger partial charge in [0.1, 0.15) is 18.2 Å². The summed E-state index contributed by atoms with van der Waals surface area (Å²) in [6.45, 7) is -0.0836. The molecule has 1 saturated carbocycles. The van der Waals surface area contributed by atoms with E-state index >= 15 is 0 Å². The van der Waals surface area contributed by atoms with E-state index in [2.05, 4.69) is 0 Å². The first-order valence-corrected chi connectivity index (χ1v) is 8.60. The van der Waals surface area contributed by atoms with E-state index in [-0.39, 0.29) is 18.4 Å². The topological polar surface area (TPSA) is 69.4 Å². The van der Waals surface area contributed by atoms with Crippen LogP contribution in [0.1, 0.15) is 25.7 Å². The van der Waals surface area contributed by atoms with Gasteiger partial charge in [0.25, 0.3) is 0 Å². The molecule has 2 N–H and O–H groups in total. The number of hydrogen-bond acceptors (Lipinski definition) is 4.